The number of aryl methyl sites for hydroxylation is 1. The zero-order valence-electron chi connectivity index (χ0n) is 18.0. The summed E-state index contributed by atoms with van der Waals surface area (Å²) in [7, 11) is 1.64. The van der Waals surface area contributed by atoms with Crippen molar-refractivity contribution in [1.82, 2.24) is 14.8 Å². The first-order valence-corrected chi connectivity index (χ1v) is 11.2. The van der Waals surface area contributed by atoms with Gasteiger partial charge in [-0.3, -0.25) is 9.36 Å². The molecule has 0 saturated carbocycles. The second-order valence-electron chi connectivity index (χ2n) is 7.30. The second-order valence-corrected chi connectivity index (χ2v) is 8.24. The average Bonchev–Trinajstić information content (AvgIpc) is 3.20. The maximum absolute atomic E-state index is 12.5. The smallest absolute Gasteiger partial charge is 0.234 e. The van der Waals surface area contributed by atoms with Crippen LogP contribution in [0.1, 0.15) is 17.0 Å². The summed E-state index contributed by atoms with van der Waals surface area (Å²) in [6.45, 7) is 2.00. The van der Waals surface area contributed by atoms with Crippen LogP contribution in [0.15, 0.2) is 84.0 Å². The van der Waals surface area contributed by atoms with Gasteiger partial charge in [-0.15, -0.1) is 10.2 Å². The van der Waals surface area contributed by atoms with Gasteiger partial charge in [0.05, 0.1) is 12.9 Å². The molecule has 1 N–H and O–H groups in total. The van der Waals surface area contributed by atoms with Gasteiger partial charge in [-0.1, -0.05) is 54.2 Å². The molecule has 0 spiro atoms. The number of hydrogen-bond donors (Lipinski definition) is 1. The number of rotatable bonds is 8. The maximum Gasteiger partial charge on any atom is 0.234 e. The number of hydrogen-bond acceptors (Lipinski definition) is 5. The van der Waals surface area contributed by atoms with E-state index in [0.717, 1.165) is 34.1 Å². The molecule has 0 atom stereocenters. The molecule has 6 nitrogen and oxygen atoms in total. The van der Waals surface area contributed by atoms with Gasteiger partial charge < -0.3 is 10.1 Å². The maximum atomic E-state index is 12.5. The number of nitrogens with zero attached hydrogens (tertiary/aromatic N) is 3. The van der Waals surface area contributed by atoms with Gasteiger partial charge >= 0.3 is 0 Å². The molecule has 0 unspecified atom stereocenters. The van der Waals surface area contributed by atoms with Crippen LogP contribution in [-0.4, -0.2) is 33.5 Å². The largest absolute Gasteiger partial charge is 0.497 e. The first kappa shape index (κ1) is 21.6. The Morgan fingerprint density at radius 2 is 1.78 bits per heavy atom. The molecule has 0 aliphatic heterocycles. The Labute approximate surface area is 191 Å². The van der Waals surface area contributed by atoms with E-state index in [-0.39, 0.29) is 11.7 Å². The van der Waals surface area contributed by atoms with E-state index in [1.54, 1.807) is 7.11 Å². The van der Waals surface area contributed by atoms with Crippen molar-refractivity contribution in [3.05, 3.63) is 95.8 Å². The molecule has 7 heteroatoms. The standard InChI is InChI=1S/C25H24N4O2S/c1-18-7-6-10-20(15-18)26-24(30)17-32-25-28-27-23(16-19-8-4-3-5-9-19)29(25)21-11-13-22(31-2)14-12-21/h3-15H,16-17H2,1-2H3,(H,26,30). The highest BCUT2D eigenvalue weighted by molar-refractivity contribution is 7.99. The Bertz CT molecular complexity index is 1190. The van der Waals surface area contributed by atoms with E-state index in [4.69, 9.17) is 4.74 Å². The fourth-order valence-electron chi connectivity index (χ4n) is 3.33. The van der Waals surface area contributed by atoms with Crippen LogP contribution in [-0.2, 0) is 11.2 Å². The van der Waals surface area contributed by atoms with Crippen molar-refractivity contribution in [2.24, 2.45) is 0 Å². The van der Waals surface area contributed by atoms with Crippen LogP contribution in [0.4, 0.5) is 5.69 Å². The lowest BCUT2D eigenvalue weighted by atomic mass is 10.1. The molecule has 0 aliphatic carbocycles. The molecule has 0 saturated heterocycles. The molecule has 0 radical (unpaired) electrons. The predicted octanol–water partition coefficient (Wildman–Crippen LogP) is 4.91. The molecule has 1 amide bonds. The molecule has 3 aromatic carbocycles. The van der Waals surface area contributed by atoms with Gasteiger partial charge in [-0.2, -0.15) is 0 Å². The summed E-state index contributed by atoms with van der Waals surface area (Å²) >= 11 is 1.36. The van der Waals surface area contributed by atoms with Crippen molar-refractivity contribution in [3.63, 3.8) is 0 Å². The zero-order valence-corrected chi connectivity index (χ0v) is 18.8. The summed E-state index contributed by atoms with van der Waals surface area (Å²) in [6.07, 6.45) is 0.635. The van der Waals surface area contributed by atoms with Gasteiger partial charge in [0.1, 0.15) is 11.6 Å². The van der Waals surface area contributed by atoms with E-state index in [2.05, 4.69) is 27.6 Å². The first-order chi connectivity index (χ1) is 15.6. The quantitative estimate of drug-likeness (QED) is 0.391. The Morgan fingerprint density at radius 3 is 2.50 bits per heavy atom. The number of thioether (sulfide) groups is 1. The zero-order chi connectivity index (χ0) is 22.3. The molecule has 1 heterocycles. The fourth-order valence-corrected chi connectivity index (χ4v) is 4.10. The van der Waals surface area contributed by atoms with Crippen molar-refractivity contribution in [1.29, 1.82) is 0 Å². The third-order valence-corrected chi connectivity index (χ3v) is 5.80. The van der Waals surface area contributed by atoms with Crippen LogP contribution < -0.4 is 10.1 Å². The van der Waals surface area contributed by atoms with Crippen LogP contribution in [0.3, 0.4) is 0 Å². The number of nitrogens with one attached hydrogen (secondary N) is 1. The van der Waals surface area contributed by atoms with Gasteiger partial charge in [-0.25, -0.2) is 0 Å². The molecule has 162 valence electrons. The lowest BCUT2D eigenvalue weighted by molar-refractivity contribution is -0.113. The monoisotopic (exact) mass is 444 g/mol. The number of ether oxygens (including phenoxy) is 1. The van der Waals surface area contributed by atoms with Crippen molar-refractivity contribution in [2.75, 3.05) is 18.2 Å². The van der Waals surface area contributed by atoms with E-state index >= 15 is 0 Å². The molecular weight excluding hydrogens is 420 g/mol. The minimum atomic E-state index is -0.0884. The highest BCUT2D eigenvalue weighted by Gasteiger charge is 2.16. The lowest BCUT2D eigenvalue weighted by Crippen LogP contribution is -2.14. The van der Waals surface area contributed by atoms with Crippen molar-refractivity contribution >= 4 is 23.4 Å². The first-order valence-electron chi connectivity index (χ1n) is 10.2. The minimum absolute atomic E-state index is 0.0884. The summed E-state index contributed by atoms with van der Waals surface area (Å²) in [5, 5.41) is 12.4. The highest BCUT2D eigenvalue weighted by Crippen LogP contribution is 2.25. The topological polar surface area (TPSA) is 69.0 Å². The van der Waals surface area contributed by atoms with Gasteiger partial charge in [0.2, 0.25) is 5.91 Å². The van der Waals surface area contributed by atoms with Crippen molar-refractivity contribution in [3.8, 4) is 11.4 Å². The average molecular weight is 445 g/mol. The van der Waals surface area contributed by atoms with E-state index in [1.165, 1.54) is 11.8 Å². The predicted molar refractivity (Wildman–Crippen MR) is 128 cm³/mol. The summed E-state index contributed by atoms with van der Waals surface area (Å²) in [5.41, 5.74) is 3.95. The molecule has 0 bridgehead atoms. The normalized spacial score (nSPS) is 10.7. The number of anilines is 1. The molecule has 4 aromatic rings. The SMILES string of the molecule is COc1ccc(-n2c(Cc3ccccc3)nnc2SCC(=O)Nc2cccc(C)c2)cc1. The number of carbonyl (C=O) groups is 1. The van der Waals surface area contributed by atoms with Crippen LogP contribution >= 0.6 is 11.8 Å². The van der Waals surface area contributed by atoms with Gasteiger partial charge in [-0.05, 0) is 54.4 Å². The number of benzene rings is 3. The number of methoxy groups -OCH3 is 1. The number of amides is 1. The van der Waals surface area contributed by atoms with Gasteiger partial charge in [0.15, 0.2) is 5.16 Å². The third kappa shape index (κ3) is 5.36. The summed E-state index contributed by atoms with van der Waals surface area (Å²) in [6, 6.07) is 25.6. The Balaban J connectivity index is 1.55. The molecule has 1 aromatic heterocycles. The summed E-state index contributed by atoms with van der Waals surface area (Å²) in [5.74, 6) is 1.73. The van der Waals surface area contributed by atoms with Crippen LogP contribution in [0, 0.1) is 6.92 Å². The Hall–Kier alpha value is -3.58. The third-order valence-electron chi connectivity index (χ3n) is 4.87. The van der Waals surface area contributed by atoms with Gasteiger partial charge in [0, 0.05) is 17.8 Å². The van der Waals surface area contributed by atoms with E-state index in [9.17, 15) is 4.79 Å². The summed E-state index contributed by atoms with van der Waals surface area (Å²) in [4.78, 5) is 12.5. The van der Waals surface area contributed by atoms with Crippen LogP contribution in [0.2, 0.25) is 0 Å². The lowest BCUT2D eigenvalue weighted by Gasteiger charge is -2.11. The fraction of sp³-hybridized carbons (Fsp3) is 0.160. The van der Waals surface area contributed by atoms with E-state index in [0.29, 0.717) is 11.6 Å². The van der Waals surface area contributed by atoms with Crippen LogP contribution in [0.5, 0.6) is 5.75 Å². The molecule has 32 heavy (non-hydrogen) atoms. The molecule has 4 rings (SSSR count). The number of carbonyl (C=O) groups excluding carboxylic acids is 1. The second kappa shape index (κ2) is 10.2. The Kier molecular flexibility index (Phi) is 6.87. The number of aromatic nitrogens is 3. The highest BCUT2D eigenvalue weighted by atomic mass is 32.2. The van der Waals surface area contributed by atoms with Gasteiger partial charge in [0.25, 0.3) is 0 Å². The molecule has 0 fully saturated rings. The van der Waals surface area contributed by atoms with Crippen molar-refractivity contribution < 1.29 is 9.53 Å². The van der Waals surface area contributed by atoms with Crippen molar-refractivity contribution in [2.45, 2.75) is 18.5 Å². The molecule has 0 aliphatic rings. The Morgan fingerprint density at radius 1 is 1.00 bits per heavy atom. The van der Waals surface area contributed by atoms with E-state index in [1.807, 2.05) is 78.2 Å². The minimum Gasteiger partial charge on any atom is -0.497 e. The van der Waals surface area contributed by atoms with Crippen LogP contribution in [0.25, 0.3) is 5.69 Å². The summed E-state index contributed by atoms with van der Waals surface area (Å²) < 4.78 is 7.29. The molecular formula is C25H24N4O2S. The van der Waals surface area contributed by atoms with E-state index < -0.39 is 0 Å².